The molecule has 6 nitrogen and oxygen atoms in total. The second kappa shape index (κ2) is 12.1. The smallest absolute Gasteiger partial charge is 0.425 e. The molecule has 4 aromatic carbocycles. The summed E-state index contributed by atoms with van der Waals surface area (Å²) >= 11 is 6.18. The van der Waals surface area contributed by atoms with Crippen molar-refractivity contribution in [2.75, 3.05) is 19.1 Å². The maximum absolute atomic E-state index is 14.5. The minimum atomic E-state index is -5.04. The zero-order valence-electron chi connectivity index (χ0n) is 24.5. The number of amides is 1. The van der Waals surface area contributed by atoms with Gasteiger partial charge in [0.2, 0.25) is 11.5 Å². The van der Waals surface area contributed by atoms with Gasteiger partial charge in [-0.15, -0.1) is 0 Å². The number of methoxy groups -OCH3 is 2. The molecule has 0 saturated carbocycles. The fraction of sp³-hybridized carbons (Fsp3) is 0.265. The second-order valence-electron chi connectivity index (χ2n) is 10.7. The van der Waals surface area contributed by atoms with E-state index in [1.54, 1.807) is 35.2 Å². The van der Waals surface area contributed by atoms with Crippen LogP contribution < -0.4 is 19.1 Å². The maximum atomic E-state index is 14.5. The minimum absolute atomic E-state index is 0.0256. The molecule has 0 radical (unpaired) electrons. The third-order valence-electron chi connectivity index (χ3n) is 7.62. The summed E-state index contributed by atoms with van der Waals surface area (Å²) in [6.07, 6.45) is -5.17. The molecule has 4 aromatic rings. The molecule has 0 spiro atoms. The third kappa shape index (κ3) is 5.69. The van der Waals surface area contributed by atoms with E-state index in [1.807, 2.05) is 19.9 Å². The van der Waals surface area contributed by atoms with Gasteiger partial charge >= 0.3 is 6.18 Å². The number of hydrogen-bond acceptors (Lipinski definition) is 5. The van der Waals surface area contributed by atoms with E-state index in [2.05, 4.69) is 0 Å². The fourth-order valence-electron chi connectivity index (χ4n) is 5.52. The van der Waals surface area contributed by atoms with Crippen molar-refractivity contribution >= 4 is 23.2 Å². The molecule has 10 heteroatoms. The van der Waals surface area contributed by atoms with Crippen molar-refractivity contribution in [2.45, 2.75) is 44.2 Å². The van der Waals surface area contributed by atoms with Crippen molar-refractivity contribution < 1.29 is 37.3 Å². The Labute approximate surface area is 258 Å². The van der Waals surface area contributed by atoms with Gasteiger partial charge in [-0.05, 0) is 90.2 Å². The van der Waals surface area contributed by atoms with Gasteiger partial charge in [0.15, 0.2) is 11.5 Å². The first-order valence-corrected chi connectivity index (χ1v) is 14.2. The van der Waals surface area contributed by atoms with Gasteiger partial charge in [-0.1, -0.05) is 48.0 Å². The van der Waals surface area contributed by atoms with Crippen molar-refractivity contribution in [1.29, 1.82) is 0 Å². The molecule has 1 N–H and O–H groups in total. The summed E-state index contributed by atoms with van der Waals surface area (Å²) in [6.45, 7) is 3.78. The molecule has 0 saturated heterocycles. The van der Waals surface area contributed by atoms with Crippen molar-refractivity contribution in [3.8, 4) is 17.2 Å². The Morgan fingerprint density at radius 1 is 0.864 bits per heavy atom. The van der Waals surface area contributed by atoms with Gasteiger partial charge in [0, 0.05) is 10.7 Å². The highest BCUT2D eigenvalue weighted by atomic mass is 35.5. The lowest BCUT2D eigenvalue weighted by Gasteiger charge is -2.38. The molecule has 44 heavy (non-hydrogen) atoms. The summed E-state index contributed by atoms with van der Waals surface area (Å²) in [5, 5.41) is 11.7. The van der Waals surface area contributed by atoms with Crippen LogP contribution in [0.3, 0.4) is 0 Å². The van der Waals surface area contributed by atoms with E-state index in [9.17, 15) is 23.1 Å². The molecular formula is C34H31ClF3NO5. The molecule has 1 aliphatic rings. The first-order chi connectivity index (χ1) is 20.9. The Hall–Kier alpha value is -4.21. The average Bonchev–Trinajstić information content (AvgIpc) is 3.00. The van der Waals surface area contributed by atoms with Gasteiger partial charge in [-0.25, -0.2) is 0 Å². The Morgan fingerprint density at radius 2 is 1.45 bits per heavy atom. The number of nitrogens with zero attached hydrogens (tertiary/aromatic N) is 1. The molecule has 0 bridgehead atoms. The summed E-state index contributed by atoms with van der Waals surface area (Å²) < 4.78 is 60.0. The van der Waals surface area contributed by atoms with Crippen LogP contribution in [0.1, 0.15) is 47.7 Å². The van der Waals surface area contributed by atoms with Crippen molar-refractivity contribution in [3.05, 3.63) is 118 Å². The van der Waals surface area contributed by atoms with Crippen LogP contribution >= 0.6 is 11.6 Å². The van der Waals surface area contributed by atoms with Gasteiger partial charge in [0.05, 0.1) is 32.8 Å². The molecular weight excluding hydrogens is 595 g/mol. The quantitative estimate of drug-likeness (QED) is 0.218. The molecule has 5 rings (SSSR count). The first kappa shape index (κ1) is 31.2. The number of aliphatic hydroxyl groups is 1. The van der Waals surface area contributed by atoms with Crippen molar-refractivity contribution in [2.24, 2.45) is 0 Å². The number of fused-ring (bicyclic) bond motifs is 1. The minimum Gasteiger partial charge on any atom is -0.497 e. The lowest BCUT2D eigenvalue weighted by Crippen LogP contribution is -2.43. The third-order valence-corrected chi connectivity index (χ3v) is 7.87. The van der Waals surface area contributed by atoms with Crippen LogP contribution in [-0.4, -0.2) is 37.5 Å². The lowest BCUT2D eigenvalue weighted by molar-refractivity contribution is -0.248. The molecule has 1 amide bonds. The number of ether oxygens (including phenoxy) is 3. The van der Waals surface area contributed by atoms with E-state index >= 15 is 0 Å². The van der Waals surface area contributed by atoms with Crippen LogP contribution in [0.25, 0.3) is 0 Å². The monoisotopic (exact) mass is 625 g/mol. The van der Waals surface area contributed by atoms with Crippen LogP contribution in [0, 0.1) is 0 Å². The van der Waals surface area contributed by atoms with Crippen LogP contribution in [0.2, 0.25) is 5.02 Å². The van der Waals surface area contributed by atoms with Gasteiger partial charge in [0.25, 0.3) is 0 Å². The van der Waals surface area contributed by atoms with E-state index in [1.165, 1.54) is 62.8 Å². The van der Waals surface area contributed by atoms with Crippen LogP contribution in [0.5, 0.6) is 17.2 Å². The highest BCUT2D eigenvalue weighted by molar-refractivity contribution is 6.30. The standard InChI is InChI=1S/C34H31ClF3NO5/c1-20(2)44-30-19-28-22(17-29(30)43-4)18-31(40)39(32(28)21-5-11-25(35)12-6-21)26-13-7-23(8-14-26)33(41,34(36,37)38)24-9-15-27(42-3)16-10-24/h5-17,19-20,32,41H,18H2,1-4H3/t32?,33-/m0/s1. The van der Waals surface area contributed by atoms with Crippen LogP contribution in [0.4, 0.5) is 18.9 Å². The van der Waals surface area contributed by atoms with E-state index < -0.39 is 23.4 Å². The van der Waals surface area contributed by atoms with Crippen molar-refractivity contribution in [3.63, 3.8) is 0 Å². The predicted molar refractivity (Wildman–Crippen MR) is 162 cm³/mol. The maximum Gasteiger partial charge on any atom is 0.425 e. The number of anilines is 1. The Bertz CT molecular complexity index is 1640. The Balaban J connectivity index is 1.63. The second-order valence-corrected chi connectivity index (χ2v) is 11.2. The lowest BCUT2D eigenvalue weighted by atomic mass is 9.84. The molecule has 1 heterocycles. The largest absolute Gasteiger partial charge is 0.497 e. The predicted octanol–water partition coefficient (Wildman–Crippen LogP) is 7.62. The number of hydrogen-bond donors (Lipinski definition) is 1. The van der Waals surface area contributed by atoms with Crippen LogP contribution in [-0.2, 0) is 16.8 Å². The van der Waals surface area contributed by atoms with Gasteiger partial charge in [-0.2, -0.15) is 13.2 Å². The molecule has 230 valence electrons. The number of carbonyl (C=O) groups is 1. The number of carbonyl (C=O) groups excluding carboxylic acids is 1. The Morgan fingerprint density at radius 3 is 1.98 bits per heavy atom. The zero-order valence-corrected chi connectivity index (χ0v) is 25.2. The van der Waals surface area contributed by atoms with Gasteiger partial charge in [-0.3, -0.25) is 4.79 Å². The van der Waals surface area contributed by atoms with E-state index in [4.69, 9.17) is 25.8 Å². The summed E-state index contributed by atoms with van der Waals surface area (Å²) in [5.74, 6) is 1.07. The summed E-state index contributed by atoms with van der Waals surface area (Å²) in [4.78, 5) is 15.3. The fourth-order valence-corrected chi connectivity index (χ4v) is 5.64. The molecule has 1 unspecified atom stereocenters. The number of halogens is 4. The summed E-state index contributed by atoms with van der Waals surface area (Å²) in [5.41, 5.74) is -1.47. The normalized spacial score (nSPS) is 16.4. The van der Waals surface area contributed by atoms with E-state index in [0.29, 0.717) is 28.0 Å². The van der Waals surface area contributed by atoms with E-state index in [0.717, 1.165) is 16.7 Å². The molecule has 0 aliphatic carbocycles. The van der Waals surface area contributed by atoms with Crippen molar-refractivity contribution in [1.82, 2.24) is 0 Å². The Kier molecular flexibility index (Phi) is 8.55. The van der Waals surface area contributed by atoms with E-state index in [-0.39, 0.29) is 24.0 Å². The molecule has 0 fully saturated rings. The first-order valence-electron chi connectivity index (χ1n) is 13.9. The topological polar surface area (TPSA) is 68.2 Å². The summed E-state index contributed by atoms with van der Waals surface area (Å²) in [7, 11) is 2.92. The molecule has 2 atom stereocenters. The summed E-state index contributed by atoms with van der Waals surface area (Å²) in [6, 6.07) is 20.3. The number of alkyl halides is 3. The molecule has 1 aliphatic heterocycles. The zero-order chi connectivity index (χ0) is 31.8. The average molecular weight is 626 g/mol. The van der Waals surface area contributed by atoms with Gasteiger partial charge < -0.3 is 24.2 Å². The SMILES string of the molecule is COc1ccc([C@@](O)(c2ccc(N3C(=O)Cc4cc(OC)c(OC(C)C)cc4C3c3ccc(Cl)cc3)cc2)C(F)(F)F)cc1. The van der Waals surface area contributed by atoms with Crippen LogP contribution in [0.15, 0.2) is 84.9 Å². The van der Waals surface area contributed by atoms with Gasteiger partial charge in [0.1, 0.15) is 5.75 Å². The highest BCUT2D eigenvalue weighted by Gasteiger charge is 2.56. The number of benzene rings is 4. The molecule has 0 aromatic heterocycles. The number of rotatable bonds is 8. The highest BCUT2D eigenvalue weighted by Crippen LogP contribution is 2.47.